The quantitative estimate of drug-likeness (QED) is 0.519. The lowest BCUT2D eigenvalue weighted by Crippen LogP contribution is -2.33. The number of ether oxygens (including phenoxy) is 2. The van der Waals surface area contributed by atoms with E-state index in [0.717, 1.165) is 12.0 Å². The summed E-state index contributed by atoms with van der Waals surface area (Å²) in [5.41, 5.74) is 1.64. The molecule has 0 aromatic heterocycles. The summed E-state index contributed by atoms with van der Waals surface area (Å²) in [6, 6.07) is 14.7. The second kappa shape index (κ2) is 11.4. The van der Waals surface area contributed by atoms with Crippen LogP contribution in [0.2, 0.25) is 0 Å². The summed E-state index contributed by atoms with van der Waals surface area (Å²) in [6.07, 6.45) is 2.58. The van der Waals surface area contributed by atoms with Crippen LogP contribution in [0.1, 0.15) is 25.3 Å². The van der Waals surface area contributed by atoms with E-state index in [1.165, 1.54) is 10.6 Å². The maximum Gasteiger partial charge on any atom is 0.232 e. The van der Waals surface area contributed by atoms with Gasteiger partial charge < -0.3 is 14.8 Å². The molecule has 0 fully saturated rings. The van der Waals surface area contributed by atoms with E-state index >= 15 is 0 Å². The van der Waals surface area contributed by atoms with Gasteiger partial charge in [-0.1, -0.05) is 31.2 Å². The largest absolute Gasteiger partial charge is 0.497 e. The first-order valence-electron chi connectivity index (χ1n) is 9.94. The van der Waals surface area contributed by atoms with Crippen molar-refractivity contribution < 1.29 is 22.7 Å². The molecule has 0 heterocycles. The van der Waals surface area contributed by atoms with E-state index in [2.05, 4.69) is 5.32 Å². The van der Waals surface area contributed by atoms with Crippen LogP contribution in [-0.2, 0) is 21.2 Å². The number of methoxy groups -OCH3 is 1. The lowest BCUT2D eigenvalue weighted by atomic mass is 10.1. The van der Waals surface area contributed by atoms with Crippen molar-refractivity contribution >= 4 is 21.6 Å². The Bertz CT molecular complexity index is 931. The number of carbonyl (C=O) groups excluding carboxylic acids is 1. The number of nitrogens with zero attached hydrogens (tertiary/aromatic N) is 1. The van der Waals surface area contributed by atoms with Gasteiger partial charge in [-0.15, -0.1) is 0 Å². The van der Waals surface area contributed by atoms with Gasteiger partial charge in [-0.05, 0) is 36.6 Å². The van der Waals surface area contributed by atoms with Gasteiger partial charge >= 0.3 is 0 Å². The van der Waals surface area contributed by atoms with Gasteiger partial charge in [-0.3, -0.25) is 9.10 Å². The standard InChI is InChI=1S/C22H30N2O5S/c1-4-18-9-5-6-12-21(18)24(30(3,26)27)15-8-13-22(25)23-14-16-29-20-11-7-10-19(17-20)28-2/h5-7,9-12,17H,4,8,13-16H2,1-3H3,(H,23,25). The van der Waals surface area contributed by atoms with E-state index < -0.39 is 10.0 Å². The molecule has 2 rings (SSSR count). The third kappa shape index (κ3) is 7.26. The maximum absolute atomic E-state index is 12.3. The highest BCUT2D eigenvalue weighted by molar-refractivity contribution is 7.92. The monoisotopic (exact) mass is 434 g/mol. The van der Waals surface area contributed by atoms with Gasteiger partial charge in [-0.25, -0.2) is 8.42 Å². The molecule has 1 N–H and O–H groups in total. The van der Waals surface area contributed by atoms with Crippen LogP contribution in [0, 0.1) is 0 Å². The van der Waals surface area contributed by atoms with Crippen LogP contribution in [0.15, 0.2) is 48.5 Å². The molecular weight excluding hydrogens is 404 g/mol. The number of aryl methyl sites for hydroxylation is 1. The van der Waals surface area contributed by atoms with Crippen molar-refractivity contribution in [2.45, 2.75) is 26.2 Å². The zero-order chi connectivity index (χ0) is 22.0. The molecule has 0 bridgehead atoms. The summed E-state index contributed by atoms with van der Waals surface area (Å²) >= 11 is 0. The van der Waals surface area contributed by atoms with Crippen molar-refractivity contribution in [2.24, 2.45) is 0 Å². The third-order valence-corrected chi connectivity index (χ3v) is 5.72. The Morgan fingerprint density at radius 1 is 1.10 bits per heavy atom. The number of hydrogen-bond acceptors (Lipinski definition) is 5. The summed E-state index contributed by atoms with van der Waals surface area (Å²) in [6.45, 7) is 2.94. The third-order valence-electron chi connectivity index (χ3n) is 4.54. The molecule has 0 spiro atoms. The molecule has 0 aliphatic heterocycles. The van der Waals surface area contributed by atoms with Gasteiger partial charge in [0.1, 0.15) is 18.1 Å². The van der Waals surface area contributed by atoms with Crippen molar-refractivity contribution in [3.05, 3.63) is 54.1 Å². The number of hydrogen-bond donors (Lipinski definition) is 1. The predicted molar refractivity (Wildman–Crippen MR) is 119 cm³/mol. The molecular formula is C22H30N2O5S. The van der Waals surface area contributed by atoms with Crippen LogP contribution in [0.4, 0.5) is 5.69 Å². The minimum Gasteiger partial charge on any atom is -0.497 e. The Morgan fingerprint density at radius 2 is 1.83 bits per heavy atom. The summed E-state index contributed by atoms with van der Waals surface area (Å²) in [5, 5.41) is 2.79. The van der Waals surface area contributed by atoms with Crippen LogP contribution < -0.4 is 19.1 Å². The number of anilines is 1. The lowest BCUT2D eigenvalue weighted by molar-refractivity contribution is -0.121. The molecule has 2 aromatic carbocycles. The Kier molecular flexibility index (Phi) is 8.98. The topological polar surface area (TPSA) is 84.9 Å². The van der Waals surface area contributed by atoms with E-state index in [9.17, 15) is 13.2 Å². The van der Waals surface area contributed by atoms with E-state index in [4.69, 9.17) is 9.47 Å². The predicted octanol–water partition coefficient (Wildman–Crippen LogP) is 3.00. The summed E-state index contributed by atoms with van der Waals surface area (Å²) in [4.78, 5) is 12.1. The molecule has 0 radical (unpaired) electrons. The van der Waals surface area contributed by atoms with Gasteiger partial charge in [-0.2, -0.15) is 0 Å². The van der Waals surface area contributed by atoms with E-state index in [1.807, 2.05) is 43.3 Å². The number of carbonyl (C=O) groups is 1. The Balaban J connectivity index is 1.79. The lowest BCUT2D eigenvalue weighted by Gasteiger charge is -2.24. The van der Waals surface area contributed by atoms with Gasteiger partial charge in [0.2, 0.25) is 15.9 Å². The smallest absolute Gasteiger partial charge is 0.232 e. The first kappa shape index (κ1) is 23.5. The summed E-state index contributed by atoms with van der Waals surface area (Å²) in [7, 11) is -1.85. The highest BCUT2D eigenvalue weighted by atomic mass is 32.2. The zero-order valence-corrected chi connectivity index (χ0v) is 18.6. The number of rotatable bonds is 12. The average Bonchev–Trinajstić information content (AvgIpc) is 2.73. The van der Waals surface area contributed by atoms with Crippen molar-refractivity contribution in [2.75, 3.05) is 37.4 Å². The van der Waals surface area contributed by atoms with Crippen molar-refractivity contribution in [3.8, 4) is 11.5 Å². The van der Waals surface area contributed by atoms with Crippen LogP contribution in [0.3, 0.4) is 0 Å². The molecule has 7 nitrogen and oxygen atoms in total. The fourth-order valence-corrected chi connectivity index (χ4v) is 4.04. The van der Waals surface area contributed by atoms with Crippen LogP contribution >= 0.6 is 0 Å². The number of para-hydroxylation sites is 1. The Hall–Kier alpha value is -2.74. The number of benzene rings is 2. The van der Waals surface area contributed by atoms with Gasteiger partial charge in [0.05, 0.1) is 25.6 Å². The highest BCUT2D eigenvalue weighted by Crippen LogP contribution is 2.24. The average molecular weight is 435 g/mol. The molecule has 0 saturated carbocycles. The fraction of sp³-hybridized carbons (Fsp3) is 0.409. The van der Waals surface area contributed by atoms with Crippen molar-refractivity contribution in [3.63, 3.8) is 0 Å². The number of amides is 1. The van der Waals surface area contributed by atoms with Gasteiger partial charge in [0.15, 0.2) is 0 Å². The van der Waals surface area contributed by atoms with Crippen LogP contribution in [-0.4, -0.2) is 47.4 Å². The minimum absolute atomic E-state index is 0.138. The summed E-state index contributed by atoms with van der Waals surface area (Å²) < 4.78 is 36.6. The van der Waals surface area contributed by atoms with Gasteiger partial charge in [0, 0.05) is 19.0 Å². The van der Waals surface area contributed by atoms with E-state index in [-0.39, 0.29) is 18.9 Å². The summed E-state index contributed by atoms with van der Waals surface area (Å²) in [5.74, 6) is 1.24. The maximum atomic E-state index is 12.3. The minimum atomic E-state index is -3.43. The zero-order valence-electron chi connectivity index (χ0n) is 17.8. The van der Waals surface area contributed by atoms with Crippen LogP contribution in [0.25, 0.3) is 0 Å². The molecule has 0 aliphatic carbocycles. The molecule has 0 unspecified atom stereocenters. The van der Waals surface area contributed by atoms with Crippen molar-refractivity contribution in [1.29, 1.82) is 0 Å². The van der Waals surface area contributed by atoms with Crippen LogP contribution in [0.5, 0.6) is 11.5 Å². The van der Waals surface area contributed by atoms with Crippen molar-refractivity contribution in [1.82, 2.24) is 5.32 Å². The highest BCUT2D eigenvalue weighted by Gasteiger charge is 2.19. The second-order valence-corrected chi connectivity index (χ2v) is 8.71. The molecule has 0 atom stereocenters. The van der Waals surface area contributed by atoms with Gasteiger partial charge in [0.25, 0.3) is 0 Å². The molecule has 2 aromatic rings. The molecule has 0 saturated heterocycles. The Morgan fingerprint density at radius 3 is 2.53 bits per heavy atom. The van der Waals surface area contributed by atoms with E-state index in [0.29, 0.717) is 36.8 Å². The first-order valence-corrected chi connectivity index (χ1v) is 11.8. The fourth-order valence-electron chi connectivity index (χ4n) is 3.04. The number of sulfonamides is 1. The van der Waals surface area contributed by atoms with E-state index in [1.54, 1.807) is 19.2 Å². The normalized spacial score (nSPS) is 11.0. The molecule has 164 valence electrons. The molecule has 30 heavy (non-hydrogen) atoms. The SMILES string of the molecule is CCc1ccccc1N(CCCC(=O)NCCOc1cccc(OC)c1)S(C)(=O)=O. The molecule has 1 amide bonds. The Labute approximate surface area is 179 Å². The molecule has 8 heteroatoms. The first-order chi connectivity index (χ1) is 14.3. The second-order valence-electron chi connectivity index (χ2n) is 6.80. The molecule has 0 aliphatic rings. The number of nitrogens with one attached hydrogen (secondary N) is 1.